The highest BCUT2D eigenvalue weighted by Gasteiger charge is 2.09. The lowest BCUT2D eigenvalue weighted by Crippen LogP contribution is -2.40. The summed E-state index contributed by atoms with van der Waals surface area (Å²) in [6, 6.07) is 0. The van der Waals surface area contributed by atoms with Crippen LogP contribution < -0.4 is 10.6 Å². The van der Waals surface area contributed by atoms with Crippen molar-refractivity contribution in [1.29, 1.82) is 0 Å². The fraction of sp³-hybridized carbons (Fsp3) is 0.667. The number of thiazole rings is 1. The number of carbonyl (C=O) groups is 1. The van der Waals surface area contributed by atoms with Gasteiger partial charge in [0.25, 0.3) is 0 Å². The first-order valence-electron chi connectivity index (χ1n) is 7.81. The van der Waals surface area contributed by atoms with Crippen molar-refractivity contribution in [2.75, 3.05) is 26.2 Å². The fourth-order valence-electron chi connectivity index (χ4n) is 1.99. The smallest absolute Gasteiger partial charge is 0.224 e. The summed E-state index contributed by atoms with van der Waals surface area (Å²) >= 11 is 1.65. The fourth-order valence-corrected chi connectivity index (χ4v) is 2.70. The minimum atomic E-state index is 0.170. The summed E-state index contributed by atoms with van der Waals surface area (Å²) in [6.07, 6.45) is 2.33. The van der Waals surface area contributed by atoms with E-state index in [1.54, 1.807) is 11.3 Å². The van der Waals surface area contributed by atoms with E-state index < -0.39 is 0 Å². The molecule has 0 saturated heterocycles. The quantitative estimate of drug-likeness (QED) is 0.564. The van der Waals surface area contributed by atoms with E-state index in [2.05, 4.69) is 20.6 Å². The van der Waals surface area contributed by atoms with Gasteiger partial charge < -0.3 is 15.5 Å². The molecule has 1 aromatic heterocycles. The monoisotopic (exact) mass is 325 g/mol. The molecule has 0 aromatic carbocycles. The summed E-state index contributed by atoms with van der Waals surface area (Å²) in [5.41, 5.74) is 0. The summed E-state index contributed by atoms with van der Waals surface area (Å²) in [4.78, 5) is 23.8. The molecule has 1 amide bonds. The Kier molecular flexibility index (Phi) is 8.50. The van der Waals surface area contributed by atoms with Gasteiger partial charge in [0.2, 0.25) is 5.91 Å². The van der Waals surface area contributed by atoms with Crippen molar-refractivity contribution in [2.45, 2.75) is 40.7 Å². The molecule has 0 bridgehead atoms. The molecule has 1 rings (SSSR count). The normalized spacial score (nSPS) is 11.4. The first-order valence-corrected chi connectivity index (χ1v) is 8.63. The maximum Gasteiger partial charge on any atom is 0.224 e. The van der Waals surface area contributed by atoms with Crippen LogP contribution in [0.2, 0.25) is 0 Å². The van der Waals surface area contributed by atoms with Gasteiger partial charge in [0.15, 0.2) is 5.96 Å². The molecule has 0 radical (unpaired) electrons. The Hall–Kier alpha value is -1.63. The van der Waals surface area contributed by atoms with Crippen molar-refractivity contribution in [3.8, 4) is 0 Å². The molecule has 6 nitrogen and oxygen atoms in total. The molecule has 2 N–H and O–H groups in total. The number of aliphatic imine (C=N–C) groups is 1. The number of nitrogens with zero attached hydrogens (tertiary/aromatic N) is 3. The van der Waals surface area contributed by atoms with Gasteiger partial charge in [-0.2, -0.15) is 0 Å². The largest absolute Gasteiger partial charge is 0.357 e. The minimum absolute atomic E-state index is 0.170. The van der Waals surface area contributed by atoms with Gasteiger partial charge in [0, 0.05) is 43.7 Å². The van der Waals surface area contributed by atoms with Gasteiger partial charge in [-0.15, -0.1) is 11.3 Å². The molecule has 0 aliphatic carbocycles. The molecule has 0 saturated carbocycles. The molecular weight excluding hydrogens is 298 g/mol. The van der Waals surface area contributed by atoms with E-state index in [0.29, 0.717) is 19.5 Å². The summed E-state index contributed by atoms with van der Waals surface area (Å²) in [6.45, 7) is 11.5. The Bertz CT molecular complexity index is 482. The van der Waals surface area contributed by atoms with Crippen LogP contribution in [0.15, 0.2) is 11.2 Å². The number of aryl methyl sites for hydroxylation is 1. The van der Waals surface area contributed by atoms with Gasteiger partial charge >= 0.3 is 0 Å². The van der Waals surface area contributed by atoms with Crippen LogP contribution in [0.25, 0.3) is 0 Å². The average molecular weight is 325 g/mol. The second kappa shape index (κ2) is 10.2. The number of aromatic nitrogens is 1. The maximum atomic E-state index is 11.9. The number of rotatable bonds is 8. The Morgan fingerprint density at radius 2 is 2.05 bits per heavy atom. The zero-order chi connectivity index (χ0) is 16.4. The van der Waals surface area contributed by atoms with Crippen LogP contribution in [0, 0.1) is 6.92 Å². The van der Waals surface area contributed by atoms with Crippen LogP contribution in [0.3, 0.4) is 0 Å². The van der Waals surface area contributed by atoms with E-state index in [-0.39, 0.29) is 5.91 Å². The van der Waals surface area contributed by atoms with E-state index in [4.69, 9.17) is 0 Å². The van der Waals surface area contributed by atoms with Gasteiger partial charge in [-0.3, -0.25) is 4.79 Å². The first kappa shape index (κ1) is 18.4. The molecule has 124 valence electrons. The van der Waals surface area contributed by atoms with Crippen LogP contribution >= 0.6 is 11.3 Å². The first-order chi connectivity index (χ1) is 10.6. The number of hydrogen-bond donors (Lipinski definition) is 2. The number of guanidine groups is 1. The molecule has 7 heteroatoms. The van der Waals surface area contributed by atoms with Gasteiger partial charge in [0.1, 0.15) is 5.01 Å². The summed E-state index contributed by atoms with van der Waals surface area (Å²) in [5, 5.41) is 7.38. The van der Waals surface area contributed by atoms with E-state index in [1.165, 1.54) is 4.88 Å². The van der Waals surface area contributed by atoms with Gasteiger partial charge in [-0.05, 0) is 27.7 Å². The Morgan fingerprint density at radius 1 is 1.32 bits per heavy atom. The SMILES string of the molecule is CCNC(=NCc1ncc(C)s1)NCCC(=O)N(CC)CC. The third-order valence-electron chi connectivity index (χ3n) is 3.13. The number of nitrogens with one attached hydrogen (secondary N) is 2. The molecule has 0 aliphatic rings. The number of hydrogen-bond acceptors (Lipinski definition) is 4. The molecule has 1 aromatic rings. The van der Waals surface area contributed by atoms with Gasteiger partial charge in [-0.1, -0.05) is 0 Å². The third kappa shape index (κ3) is 6.43. The van der Waals surface area contributed by atoms with Crippen LogP contribution in [-0.2, 0) is 11.3 Å². The van der Waals surface area contributed by atoms with Gasteiger partial charge in [0.05, 0.1) is 6.54 Å². The molecule has 22 heavy (non-hydrogen) atoms. The molecule has 1 heterocycles. The standard InChI is InChI=1S/C15H27N5OS/c1-5-16-15(19-11-13-18-10-12(4)22-13)17-9-8-14(21)20(6-2)7-3/h10H,5-9,11H2,1-4H3,(H2,16,17,19). The van der Waals surface area contributed by atoms with Crippen molar-refractivity contribution in [2.24, 2.45) is 4.99 Å². The molecule has 0 fully saturated rings. The van der Waals surface area contributed by atoms with E-state index >= 15 is 0 Å². The van der Waals surface area contributed by atoms with Crippen molar-refractivity contribution in [3.05, 3.63) is 16.1 Å². The van der Waals surface area contributed by atoms with Crippen molar-refractivity contribution < 1.29 is 4.79 Å². The van der Waals surface area contributed by atoms with Crippen molar-refractivity contribution in [3.63, 3.8) is 0 Å². The Morgan fingerprint density at radius 3 is 2.59 bits per heavy atom. The lowest BCUT2D eigenvalue weighted by atomic mass is 10.3. The summed E-state index contributed by atoms with van der Waals surface area (Å²) in [5.74, 6) is 0.895. The van der Waals surface area contributed by atoms with Crippen LogP contribution in [0.5, 0.6) is 0 Å². The Labute approximate surface area is 137 Å². The minimum Gasteiger partial charge on any atom is -0.357 e. The van der Waals surface area contributed by atoms with Crippen LogP contribution in [0.1, 0.15) is 37.1 Å². The molecule has 0 aliphatic heterocycles. The maximum absolute atomic E-state index is 11.9. The van der Waals surface area contributed by atoms with E-state index in [0.717, 1.165) is 30.6 Å². The molecule has 0 spiro atoms. The van der Waals surface area contributed by atoms with Crippen molar-refractivity contribution >= 4 is 23.2 Å². The van der Waals surface area contributed by atoms with Gasteiger partial charge in [-0.25, -0.2) is 9.98 Å². The molecule has 0 unspecified atom stereocenters. The highest BCUT2D eigenvalue weighted by atomic mass is 32.1. The highest BCUT2D eigenvalue weighted by Crippen LogP contribution is 2.11. The zero-order valence-electron chi connectivity index (χ0n) is 14.0. The van der Waals surface area contributed by atoms with Crippen molar-refractivity contribution in [1.82, 2.24) is 20.5 Å². The lowest BCUT2D eigenvalue weighted by Gasteiger charge is -2.19. The highest BCUT2D eigenvalue weighted by molar-refractivity contribution is 7.11. The molecule has 0 atom stereocenters. The van der Waals surface area contributed by atoms with Crippen LogP contribution in [0.4, 0.5) is 0 Å². The Balaban J connectivity index is 2.45. The molecular formula is C15H27N5OS. The predicted molar refractivity (Wildman–Crippen MR) is 92.2 cm³/mol. The van der Waals surface area contributed by atoms with E-state index in [1.807, 2.05) is 38.8 Å². The summed E-state index contributed by atoms with van der Waals surface area (Å²) < 4.78 is 0. The average Bonchev–Trinajstić information content (AvgIpc) is 2.91. The second-order valence-electron chi connectivity index (χ2n) is 4.80. The topological polar surface area (TPSA) is 69.6 Å². The zero-order valence-corrected chi connectivity index (χ0v) is 14.8. The second-order valence-corrected chi connectivity index (χ2v) is 6.12. The lowest BCUT2D eigenvalue weighted by molar-refractivity contribution is -0.130. The number of amides is 1. The van der Waals surface area contributed by atoms with E-state index in [9.17, 15) is 4.79 Å². The summed E-state index contributed by atoms with van der Waals surface area (Å²) in [7, 11) is 0. The predicted octanol–water partition coefficient (Wildman–Crippen LogP) is 1.77. The van der Waals surface area contributed by atoms with Crippen LogP contribution in [-0.4, -0.2) is 47.9 Å². The number of carbonyl (C=O) groups excluding carboxylic acids is 1. The third-order valence-corrected chi connectivity index (χ3v) is 4.03.